The molecule has 76 valence electrons. The Morgan fingerprint density at radius 3 is 2.64 bits per heavy atom. The van der Waals surface area contributed by atoms with E-state index in [0.29, 0.717) is 6.61 Å². The minimum Gasteiger partial charge on any atom is -0.396 e. The van der Waals surface area contributed by atoms with Crippen LogP contribution < -0.4 is 0 Å². The lowest BCUT2D eigenvalue weighted by atomic mass is 9.63. The van der Waals surface area contributed by atoms with Gasteiger partial charge in [0.05, 0.1) is 0 Å². The fourth-order valence-electron chi connectivity index (χ4n) is 2.32. The standard InChI is InChI=1S/C12H15BrO/c13-11-4-1-3-10(9-11)12(7-8-14)5-2-6-12/h1,3-4,9,14H,2,5-8H2. The number of aliphatic hydroxyl groups is 1. The average molecular weight is 255 g/mol. The first-order chi connectivity index (χ1) is 6.77. The van der Waals surface area contributed by atoms with Gasteiger partial charge in [0, 0.05) is 11.1 Å². The second-order valence-electron chi connectivity index (χ2n) is 4.12. The van der Waals surface area contributed by atoms with Crippen LogP contribution in [0.5, 0.6) is 0 Å². The van der Waals surface area contributed by atoms with Gasteiger partial charge in [-0.1, -0.05) is 34.5 Å². The summed E-state index contributed by atoms with van der Waals surface area (Å²) in [4.78, 5) is 0. The highest BCUT2D eigenvalue weighted by Gasteiger charge is 2.37. The summed E-state index contributed by atoms with van der Waals surface area (Å²) in [6.07, 6.45) is 4.66. The van der Waals surface area contributed by atoms with E-state index in [4.69, 9.17) is 5.11 Å². The van der Waals surface area contributed by atoms with E-state index in [1.807, 2.05) is 0 Å². The SMILES string of the molecule is OCCC1(c2cccc(Br)c2)CCC1. The quantitative estimate of drug-likeness (QED) is 0.878. The van der Waals surface area contributed by atoms with Crippen LogP contribution in [0.1, 0.15) is 31.2 Å². The molecule has 0 bridgehead atoms. The Kier molecular flexibility index (Phi) is 2.93. The molecule has 0 heterocycles. The first-order valence-corrected chi connectivity index (χ1v) is 5.93. The number of halogens is 1. The Balaban J connectivity index is 2.27. The number of hydrogen-bond acceptors (Lipinski definition) is 1. The molecule has 1 fully saturated rings. The van der Waals surface area contributed by atoms with Crippen molar-refractivity contribution in [1.29, 1.82) is 0 Å². The van der Waals surface area contributed by atoms with Crippen molar-refractivity contribution in [3.63, 3.8) is 0 Å². The van der Waals surface area contributed by atoms with Crippen LogP contribution in [0.15, 0.2) is 28.7 Å². The van der Waals surface area contributed by atoms with Gasteiger partial charge in [-0.3, -0.25) is 0 Å². The van der Waals surface area contributed by atoms with E-state index in [1.165, 1.54) is 24.8 Å². The summed E-state index contributed by atoms with van der Waals surface area (Å²) in [7, 11) is 0. The molecule has 0 amide bonds. The summed E-state index contributed by atoms with van der Waals surface area (Å²) in [5.74, 6) is 0. The van der Waals surface area contributed by atoms with Crippen LogP contribution in [-0.4, -0.2) is 11.7 Å². The largest absolute Gasteiger partial charge is 0.396 e. The third-order valence-electron chi connectivity index (χ3n) is 3.34. The molecular formula is C12H15BrO. The highest BCUT2D eigenvalue weighted by molar-refractivity contribution is 9.10. The van der Waals surface area contributed by atoms with E-state index < -0.39 is 0 Å². The van der Waals surface area contributed by atoms with Crippen LogP contribution in [-0.2, 0) is 5.41 Å². The van der Waals surface area contributed by atoms with Gasteiger partial charge in [-0.25, -0.2) is 0 Å². The van der Waals surface area contributed by atoms with Crippen molar-refractivity contribution in [2.75, 3.05) is 6.61 Å². The van der Waals surface area contributed by atoms with Crippen LogP contribution in [0.2, 0.25) is 0 Å². The highest BCUT2D eigenvalue weighted by atomic mass is 79.9. The zero-order valence-corrected chi connectivity index (χ0v) is 9.76. The molecule has 14 heavy (non-hydrogen) atoms. The van der Waals surface area contributed by atoms with E-state index in [0.717, 1.165) is 10.9 Å². The second kappa shape index (κ2) is 4.03. The molecule has 0 spiro atoms. The monoisotopic (exact) mass is 254 g/mol. The second-order valence-corrected chi connectivity index (χ2v) is 5.03. The maximum Gasteiger partial charge on any atom is 0.0439 e. The smallest absolute Gasteiger partial charge is 0.0439 e. The lowest BCUT2D eigenvalue weighted by Crippen LogP contribution is -2.35. The summed E-state index contributed by atoms with van der Waals surface area (Å²) in [5, 5.41) is 9.09. The Hall–Kier alpha value is -0.340. The van der Waals surface area contributed by atoms with Crippen molar-refractivity contribution in [3.05, 3.63) is 34.3 Å². The van der Waals surface area contributed by atoms with Crippen molar-refractivity contribution in [1.82, 2.24) is 0 Å². The average Bonchev–Trinajstić information content (AvgIpc) is 2.11. The minimum absolute atomic E-state index is 0.276. The summed E-state index contributed by atoms with van der Waals surface area (Å²) >= 11 is 3.50. The highest BCUT2D eigenvalue weighted by Crippen LogP contribution is 2.46. The Labute approximate surface area is 93.3 Å². The molecule has 1 saturated carbocycles. The molecule has 0 radical (unpaired) electrons. The first-order valence-electron chi connectivity index (χ1n) is 5.14. The molecule has 1 aromatic carbocycles. The summed E-state index contributed by atoms with van der Waals surface area (Å²) in [6, 6.07) is 8.50. The lowest BCUT2D eigenvalue weighted by Gasteiger charge is -2.42. The van der Waals surface area contributed by atoms with Crippen molar-refractivity contribution in [2.24, 2.45) is 0 Å². The zero-order chi connectivity index (χ0) is 10.0. The van der Waals surface area contributed by atoms with Gasteiger partial charge in [0.1, 0.15) is 0 Å². The third-order valence-corrected chi connectivity index (χ3v) is 3.83. The van der Waals surface area contributed by atoms with Crippen molar-refractivity contribution >= 4 is 15.9 Å². The van der Waals surface area contributed by atoms with Gasteiger partial charge in [-0.15, -0.1) is 0 Å². The molecule has 0 unspecified atom stereocenters. The van der Waals surface area contributed by atoms with Crippen molar-refractivity contribution in [2.45, 2.75) is 31.1 Å². The van der Waals surface area contributed by atoms with Crippen LogP contribution in [0.3, 0.4) is 0 Å². The zero-order valence-electron chi connectivity index (χ0n) is 8.17. The molecule has 0 saturated heterocycles. The van der Waals surface area contributed by atoms with Crippen LogP contribution in [0, 0.1) is 0 Å². The van der Waals surface area contributed by atoms with Crippen LogP contribution >= 0.6 is 15.9 Å². The molecule has 0 aliphatic heterocycles. The maximum atomic E-state index is 9.09. The Morgan fingerprint density at radius 1 is 1.36 bits per heavy atom. The molecule has 1 aliphatic rings. The number of aliphatic hydroxyl groups excluding tert-OH is 1. The fourth-order valence-corrected chi connectivity index (χ4v) is 2.72. The van der Waals surface area contributed by atoms with Gasteiger partial charge < -0.3 is 5.11 Å². The number of rotatable bonds is 3. The van der Waals surface area contributed by atoms with E-state index in [1.54, 1.807) is 0 Å². The van der Waals surface area contributed by atoms with Gasteiger partial charge in [0.25, 0.3) is 0 Å². The number of hydrogen-bond donors (Lipinski definition) is 1. The van der Waals surface area contributed by atoms with Gasteiger partial charge in [-0.2, -0.15) is 0 Å². The lowest BCUT2D eigenvalue weighted by molar-refractivity contribution is 0.167. The minimum atomic E-state index is 0.276. The van der Waals surface area contributed by atoms with Crippen molar-refractivity contribution in [3.8, 4) is 0 Å². The van der Waals surface area contributed by atoms with Crippen LogP contribution in [0.4, 0.5) is 0 Å². The molecule has 0 aromatic heterocycles. The molecule has 1 aliphatic carbocycles. The Bertz CT molecular complexity index is 318. The van der Waals surface area contributed by atoms with E-state index in [2.05, 4.69) is 40.2 Å². The molecular weight excluding hydrogens is 240 g/mol. The van der Waals surface area contributed by atoms with Gasteiger partial charge >= 0.3 is 0 Å². The van der Waals surface area contributed by atoms with E-state index in [-0.39, 0.29) is 5.41 Å². The summed E-state index contributed by atoms with van der Waals surface area (Å²) < 4.78 is 1.14. The van der Waals surface area contributed by atoms with E-state index in [9.17, 15) is 0 Å². The normalized spacial score (nSPS) is 19.0. The maximum absolute atomic E-state index is 9.09. The summed E-state index contributed by atoms with van der Waals surface area (Å²) in [5.41, 5.74) is 1.66. The van der Waals surface area contributed by atoms with Gasteiger partial charge in [-0.05, 0) is 42.4 Å². The first kappa shape index (κ1) is 10.2. The molecule has 1 N–H and O–H groups in total. The molecule has 2 heteroatoms. The molecule has 1 nitrogen and oxygen atoms in total. The molecule has 0 atom stereocenters. The van der Waals surface area contributed by atoms with Crippen molar-refractivity contribution < 1.29 is 5.11 Å². The van der Waals surface area contributed by atoms with Crippen LogP contribution in [0.25, 0.3) is 0 Å². The van der Waals surface area contributed by atoms with Gasteiger partial charge in [0.15, 0.2) is 0 Å². The van der Waals surface area contributed by atoms with Gasteiger partial charge in [0.2, 0.25) is 0 Å². The van der Waals surface area contributed by atoms with E-state index >= 15 is 0 Å². The number of benzene rings is 1. The summed E-state index contributed by atoms with van der Waals surface area (Å²) in [6.45, 7) is 0.298. The molecule has 1 aromatic rings. The fraction of sp³-hybridized carbons (Fsp3) is 0.500. The predicted molar refractivity (Wildman–Crippen MR) is 61.4 cm³/mol. The molecule has 2 rings (SSSR count). The third kappa shape index (κ3) is 1.73. The predicted octanol–water partition coefficient (Wildman–Crippen LogP) is 3.25. The Morgan fingerprint density at radius 2 is 2.14 bits per heavy atom. The topological polar surface area (TPSA) is 20.2 Å².